The highest BCUT2D eigenvalue weighted by molar-refractivity contribution is 8.01. The van der Waals surface area contributed by atoms with E-state index in [2.05, 4.69) is 17.0 Å². The molecule has 0 saturated carbocycles. The van der Waals surface area contributed by atoms with Crippen LogP contribution in [0.15, 0.2) is 34.8 Å². The lowest BCUT2D eigenvalue weighted by molar-refractivity contribution is 0.914. The SMILES string of the molecule is CCCSc1nn2cc(-c3ccccc3Cl)nc2s1. The van der Waals surface area contributed by atoms with Gasteiger partial charge in [0.25, 0.3) is 0 Å². The Kier molecular flexibility index (Phi) is 3.77. The number of thioether (sulfide) groups is 1. The van der Waals surface area contributed by atoms with Gasteiger partial charge in [-0.15, -0.1) is 5.10 Å². The Morgan fingerprint density at radius 1 is 1.37 bits per heavy atom. The predicted molar refractivity (Wildman–Crippen MR) is 82.3 cm³/mol. The van der Waals surface area contributed by atoms with Crippen molar-refractivity contribution >= 4 is 39.7 Å². The van der Waals surface area contributed by atoms with Gasteiger partial charge in [-0.05, 0) is 12.5 Å². The summed E-state index contributed by atoms with van der Waals surface area (Å²) in [5, 5.41) is 5.24. The van der Waals surface area contributed by atoms with E-state index in [1.807, 2.05) is 35.0 Å². The van der Waals surface area contributed by atoms with Gasteiger partial charge in [-0.2, -0.15) is 0 Å². The quantitative estimate of drug-likeness (QED) is 0.659. The van der Waals surface area contributed by atoms with Crippen LogP contribution in [0, 0.1) is 0 Å². The number of fused-ring (bicyclic) bond motifs is 1. The fourth-order valence-electron chi connectivity index (χ4n) is 1.73. The van der Waals surface area contributed by atoms with E-state index < -0.39 is 0 Å². The summed E-state index contributed by atoms with van der Waals surface area (Å²) in [7, 11) is 0. The van der Waals surface area contributed by atoms with Crippen molar-refractivity contribution < 1.29 is 0 Å². The normalized spacial score (nSPS) is 11.3. The summed E-state index contributed by atoms with van der Waals surface area (Å²) in [5.74, 6) is 1.09. The molecule has 3 rings (SSSR count). The smallest absolute Gasteiger partial charge is 0.213 e. The summed E-state index contributed by atoms with van der Waals surface area (Å²) in [4.78, 5) is 5.50. The number of halogens is 1. The second-order valence-electron chi connectivity index (χ2n) is 4.05. The van der Waals surface area contributed by atoms with Crippen LogP contribution in [0.4, 0.5) is 0 Å². The second kappa shape index (κ2) is 5.53. The Morgan fingerprint density at radius 3 is 2.95 bits per heavy atom. The number of aromatic nitrogens is 3. The van der Waals surface area contributed by atoms with Crippen molar-refractivity contribution in [2.45, 2.75) is 17.7 Å². The van der Waals surface area contributed by atoms with Crippen molar-refractivity contribution in [2.75, 3.05) is 5.75 Å². The molecule has 0 saturated heterocycles. The monoisotopic (exact) mass is 309 g/mol. The molecule has 0 fully saturated rings. The molecule has 6 heteroatoms. The van der Waals surface area contributed by atoms with Gasteiger partial charge < -0.3 is 0 Å². The number of benzene rings is 1. The maximum Gasteiger partial charge on any atom is 0.213 e. The molecular formula is C13H12ClN3S2. The summed E-state index contributed by atoms with van der Waals surface area (Å²) in [5.41, 5.74) is 1.82. The molecule has 0 aliphatic rings. The molecule has 0 radical (unpaired) electrons. The maximum absolute atomic E-state index is 6.18. The van der Waals surface area contributed by atoms with Crippen LogP contribution in [0.5, 0.6) is 0 Å². The molecule has 2 aromatic heterocycles. The number of hydrogen-bond donors (Lipinski definition) is 0. The van der Waals surface area contributed by atoms with Crippen LogP contribution in [0.2, 0.25) is 5.02 Å². The molecule has 3 nitrogen and oxygen atoms in total. The highest BCUT2D eigenvalue weighted by Gasteiger charge is 2.11. The van der Waals surface area contributed by atoms with Crippen LogP contribution in [-0.2, 0) is 0 Å². The molecule has 0 N–H and O–H groups in total. The van der Waals surface area contributed by atoms with E-state index >= 15 is 0 Å². The summed E-state index contributed by atoms with van der Waals surface area (Å²) in [6, 6.07) is 7.73. The van der Waals surface area contributed by atoms with Gasteiger partial charge in [0.05, 0.1) is 16.9 Å². The lowest BCUT2D eigenvalue weighted by atomic mass is 10.2. The molecule has 98 valence electrons. The van der Waals surface area contributed by atoms with Crippen molar-refractivity contribution in [3.05, 3.63) is 35.5 Å². The highest BCUT2D eigenvalue weighted by Crippen LogP contribution is 2.30. The zero-order valence-corrected chi connectivity index (χ0v) is 12.7. The summed E-state index contributed by atoms with van der Waals surface area (Å²) < 4.78 is 2.90. The Bertz CT molecular complexity index is 673. The molecule has 0 spiro atoms. The molecule has 0 atom stereocenters. The first-order valence-corrected chi connectivity index (χ1v) is 8.20. The standard InChI is InChI=1S/C13H12ClN3S2/c1-2-7-18-13-16-17-8-11(15-12(17)19-13)9-5-3-4-6-10(9)14/h3-6,8H,2,7H2,1H3. The van der Waals surface area contributed by atoms with Crippen LogP contribution < -0.4 is 0 Å². The van der Waals surface area contributed by atoms with E-state index in [0.29, 0.717) is 5.02 Å². The zero-order chi connectivity index (χ0) is 13.2. The zero-order valence-electron chi connectivity index (χ0n) is 10.3. The van der Waals surface area contributed by atoms with Gasteiger partial charge in [-0.3, -0.25) is 0 Å². The first-order valence-electron chi connectivity index (χ1n) is 6.02. The molecule has 0 amide bonds. The topological polar surface area (TPSA) is 30.2 Å². The van der Waals surface area contributed by atoms with Crippen molar-refractivity contribution in [3.63, 3.8) is 0 Å². The largest absolute Gasteiger partial charge is 0.217 e. The van der Waals surface area contributed by atoms with Gasteiger partial charge in [-0.1, -0.05) is 59.8 Å². The fourth-order valence-corrected chi connectivity index (χ4v) is 3.81. The minimum absolute atomic E-state index is 0.717. The average Bonchev–Trinajstić information content (AvgIpc) is 2.94. The van der Waals surface area contributed by atoms with Gasteiger partial charge in [-0.25, -0.2) is 9.50 Å². The van der Waals surface area contributed by atoms with Gasteiger partial charge >= 0.3 is 0 Å². The van der Waals surface area contributed by atoms with Crippen molar-refractivity contribution in [1.29, 1.82) is 0 Å². The van der Waals surface area contributed by atoms with Crippen LogP contribution in [0.25, 0.3) is 16.2 Å². The molecule has 0 bridgehead atoms. The minimum Gasteiger partial charge on any atom is -0.217 e. The molecule has 0 aliphatic carbocycles. The van der Waals surface area contributed by atoms with Gasteiger partial charge in [0, 0.05) is 11.3 Å². The van der Waals surface area contributed by atoms with Gasteiger partial charge in [0.2, 0.25) is 4.96 Å². The van der Waals surface area contributed by atoms with E-state index in [1.54, 1.807) is 23.1 Å². The third-order valence-corrected chi connectivity index (χ3v) is 5.20. The first-order chi connectivity index (χ1) is 9.28. The second-order valence-corrected chi connectivity index (χ2v) is 6.75. The van der Waals surface area contributed by atoms with Gasteiger partial charge in [0.15, 0.2) is 4.34 Å². The molecular weight excluding hydrogens is 298 g/mol. The van der Waals surface area contributed by atoms with Crippen molar-refractivity contribution in [3.8, 4) is 11.3 Å². The lowest BCUT2D eigenvalue weighted by Gasteiger charge is -1.98. The van der Waals surface area contributed by atoms with Crippen LogP contribution in [0.3, 0.4) is 0 Å². The van der Waals surface area contributed by atoms with E-state index in [4.69, 9.17) is 11.6 Å². The number of imidazole rings is 1. The average molecular weight is 310 g/mol. The third-order valence-electron chi connectivity index (χ3n) is 2.60. The molecule has 0 unspecified atom stereocenters. The molecule has 2 heterocycles. The fraction of sp³-hybridized carbons (Fsp3) is 0.231. The molecule has 1 aromatic carbocycles. The van der Waals surface area contributed by atoms with E-state index in [0.717, 1.165) is 32.7 Å². The Hall–Kier alpha value is -1.04. The number of nitrogens with zero attached hydrogens (tertiary/aromatic N) is 3. The molecule has 3 aromatic rings. The summed E-state index contributed by atoms with van der Waals surface area (Å²) in [6.07, 6.45) is 3.08. The highest BCUT2D eigenvalue weighted by atomic mass is 35.5. The molecule has 0 aliphatic heterocycles. The maximum atomic E-state index is 6.18. The summed E-state index contributed by atoms with van der Waals surface area (Å²) in [6.45, 7) is 2.17. The third kappa shape index (κ3) is 2.63. The van der Waals surface area contributed by atoms with Gasteiger partial charge in [0.1, 0.15) is 0 Å². The van der Waals surface area contributed by atoms with Crippen molar-refractivity contribution in [1.82, 2.24) is 14.6 Å². The van der Waals surface area contributed by atoms with Crippen LogP contribution in [-0.4, -0.2) is 20.4 Å². The Morgan fingerprint density at radius 2 is 2.21 bits per heavy atom. The first kappa shape index (κ1) is 13.0. The Balaban J connectivity index is 1.95. The van der Waals surface area contributed by atoms with E-state index in [-0.39, 0.29) is 0 Å². The van der Waals surface area contributed by atoms with E-state index in [9.17, 15) is 0 Å². The molecule has 19 heavy (non-hydrogen) atoms. The number of hydrogen-bond acceptors (Lipinski definition) is 4. The lowest BCUT2D eigenvalue weighted by Crippen LogP contribution is -1.82. The Labute approximate surface area is 124 Å². The summed E-state index contributed by atoms with van der Waals surface area (Å²) >= 11 is 9.58. The van der Waals surface area contributed by atoms with E-state index in [1.165, 1.54) is 0 Å². The predicted octanol–water partition coefficient (Wildman–Crippen LogP) is 4.61. The number of rotatable bonds is 4. The van der Waals surface area contributed by atoms with Crippen LogP contribution in [0.1, 0.15) is 13.3 Å². The van der Waals surface area contributed by atoms with Crippen LogP contribution >= 0.6 is 34.7 Å². The minimum atomic E-state index is 0.717. The van der Waals surface area contributed by atoms with Crippen molar-refractivity contribution in [2.24, 2.45) is 0 Å².